The molecular weight excluding hydrogens is 202 g/mol. The van der Waals surface area contributed by atoms with E-state index < -0.39 is 0 Å². The van der Waals surface area contributed by atoms with Crippen molar-refractivity contribution in [2.45, 2.75) is 45.2 Å². The quantitative estimate of drug-likeness (QED) is 0.650. The fourth-order valence-electron chi connectivity index (χ4n) is 2.62. The number of urea groups is 1. The average molecular weight is 225 g/mol. The molecule has 4 nitrogen and oxygen atoms in total. The van der Waals surface area contributed by atoms with E-state index in [1.54, 1.807) is 0 Å². The Morgan fingerprint density at radius 1 is 1.38 bits per heavy atom. The summed E-state index contributed by atoms with van der Waals surface area (Å²) < 4.78 is 0. The van der Waals surface area contributed by atoms with Crippen LogP contribution in [0.15, 0.2) is 0 Å². The van der Waals surface area contributed by atoms with Gasteiger partial charge in [-0.15, -0.1) is 0 Å². The number of carbonyl (C=O) groups is 1. The van der Waals surface area contributed by atoms with Crippen LogP contribution in [0, 0.1) is 5.92 Å². The monoisotopic (exact) mass is 225 g/mol. The van der Waals surface area contributed by atoms with Crippen LogP contribution in [-0.4, -0.2) is 42.1 Å². The van der Waals surface area contributed by atoms with Gasteiger partial charge in [0.1, 0.15) is 0 Å². The summed E-state index contributed by atoms with van der Waals surface area (Å²) in [4.78, 5) is 13.9. The van der Waals surface area contributed by atoms with E-state index in [0.717, 1.165) is 32.0 Å². The molecule has 0 unspecified atom stereocenters. The fourth-order valence-corrected chi connectivity index (χ4v) is 2.62. The first-order valence-corrected chi connectivity index (χ1v) is 6.26. The molecule has 2 heterocycles. The fraction of sp³-hybridized carbons (Fsp3) is 0.917. The smallest absolute Gasteiger partial charge is 0.317 e. The molecule has 0 aliphatic carbocycles. The van der Waals surface area contributed by atoms with Crippen molar-refractivity contribution in [2.24, 2.45) is 5.92 Å². The maximum absolute atomic E-state index is 12.0. The van der Waals surface area contributed by atoms with Gasteiger partial charge in [0.25, 0.3) is 0 Å². The molecule has 92 valence electrons. The molecule has 0 radical (unpaired) electrons. The van der Waals surface area contributed by atoms with Gasteiger partial charge in [0.05, 0.1) is 0 Å². The topological polar surface area (TPSA) is 44.4 Å². The van der Waals surface area contributed by atoms with Crippen molar-refractivity contribution in [1.29, 1.82) is 0 Å². The van der Waals surface area contributed by atoms with Crippen LogP contribution in [0.4, 0.5) is 4.79 Å². The molecule has 16 heavy (non-hydrogen) atoms. The van der Waals surface area contributed by atoms with E-state index in [1.807, 2.05) is 25.7 Å². The van der Waals surface area contributed by atoms with E-state index in [1.165, 1.54) is 6.42 Å². The lowest BCUT2D eigenvalue weighted by Crippen LogP contribution is -2.55. The second-order valence-corrected chi connectivity index (χ2v) is 6.02. The van der Waals surface area contributed by atoms with Crippen molar-refractivity contribution in [3.63, 3.8) is 0 Å². The number of carbonyl (C=O) groups excluding carboxylic acids is 1. The Morgan fingerprint density at radius 2 is 2.12 bits per heavy atom. The minimum atomic E-state index is -0.142. The Balaban J connectivity index is 1.89. The third kappa shape index (κ3) is 2.67. The molecule has 2 amide bonds. The lowest BCUT2D eigenvalue weighted by molar-refractivity contribution is 0.154. The third-order valence-corrected chi connectivity index (χ3v) is 3.45. The van der Waals surface area contributed by atoms with Gasteiger partial charge in [-0.1, -0.05) is 0 Å². The van der Waals surface area contributed by atoms with Crippen LogP contribution in [0.1, 0.15) is 33.6 Å². The Morgan fingerprint density at radius 3 is 2.81 bits per heavy atom. The zero-order valence-corrected chi connectivity index (χ0v) is 10.5. The molecule has 2 rings (SSSR count). The van der Waals surface area contributed by atoms with Crippen LogP contribution < -0.4 is 10.6 Å². The number of fused-ring (bicyclic) bond motifs is 1. The number of amides is 2. The van der Waals surface area contributed by atoms with Crippen LogP contribution in [0.3, 0.4) is 0 Å². The van der Waals surface area contributed by atoms with Crippen molar-refractivity contribution in [2.75, 3.05) is 19.6 Å². The van der Waals surface area contributed by atoms with Crippen LogP contribution in [0.2, 0.25) is 0 Å². The molecule has 2 aliphatic heterocycles. The van der Waals surface area contributed by atoms with Crippen molar-refractivity contribution < 1.29 is 4.79 Å². The number of nitrogens with one attached hydrogen (secondary N) is 2. The molecule has 2 fully saturated rings. The van der Waals surface area contributed by atoms with Gasteiger partial charge in [0, 0.05) is 24.7 Å². The molecule has 2 N–H and O–H groups in total. The lowest BCUT2D eigenvalue weighted by Gasteiger charge is -2.36. The van der Waals surface area contributed by atoms with Gasteiger partial charge in [-0.25, -0.2) is 4.79 Å². The molecule has 2 aliphatic rings. The van der Waals surface area contributed by atoms with Gasteiger partial charge in [0.15, 0.2) is 0 Å². The second kappa shape index (κ2) is 4.24. The summed E-state index contributed by atoms with van der Waals surface area (Å²) in [5.41, 5.74) is -0.142. The molecular formula is C12H23N3O. The number of hydrogen-bond donors (Lipinski definition) is 2. The molecule has 0 spiro atoms. The summed E-state index contributed by atoms with van der Waals surface area (Å²) in [6.45, 7) is 8.95. The Hall–Kier alpha value is -0.770. The SMILES string of the molecule is CC(C)(C)NC(=O)N1CC[C@H]2CCN[C@H]2C1. The summed E-state index contributed by atoms with van der Waals surface area (Å²) in [7, 11) is 0. The summed E-state index contributed by atoms with van der Waals surface area (Å²) in [5.74, 6) is 0.790. The van der Waals surface area contributed by atoms with E-state index in [2.05, 4.69) is 10.6 Å². The molecule has 0 aromatic heterocycles. The highest BCUT2D eigenvalue weighted by Gasteiger charge is 2.34. The normalized spacial score (nSPS) is 30.1. The summed E-state index contributed by atoms with van der Waals surface area (Å²) in [6.07, 6.45) is 2.43. The van der Waals surface area contributed by atoms with Crippen LogP contribution in [0.5, 0.6) is 0 Å². The van der Waals surface area contributed by atoms with Crippen LogP contribution in [-0.2, 0) is 0 Å². The zero-order chi connectivity index (χ0) is 11.8. The van der Waals surface area contributed by atoms with E-state index in [0.29, 0.717) is 6.04 Å². The summed E-state index contributed by atoms with van der Waals surface area (Å²) in [6, 6.07) is 0.610. The zero-order valence-electron chi connectivity index (χ0n) is 10.5. The summed E-state index contributed by atoms with van der Waals surface area (Å²) >= 11 is 0. The summed E-state index contributed by atoms with van der Waals surface area (Å²) in [5, 5.41) is 6.51. The largest absolute Gasteiger partial charge is 0.333 e. The van der Waals surface area contributed by atoms with Crippen molar-refractivity contribution in [3.8, 4) is 0 Å². The van der Waals surface area contributed by atoms with E-state index in [4.69, 9.17) is 0 Å². The Kier molecular flexibility index (Phi) is 3.10. The van der Waals surface area contributed by atoms with Gasteiger partial charge < -0.3 is 15.5 Å². The molecule has 0 saturated carbocycles. The molecule has 0 aromatic rings. The first-order valence-electron chi connectivity index (χ1n) is 6.26. The second-order valence-electron chi connectivity index (χ2n) is 6.02. The Bertz CT molecular complexity index is 272. The number of hydrogen-bond acceptors (Lipinski definition) is 2. The van der Waals surface area contributed by atoms with E-state index in [-0.39, 0.29) is 11.6 Å². The first-order chi connectivity index (χ1) is 7.46. The molecule has 0 aromatic carbocycles. The van der Waals surface area contributed by atoms with Crippen LogP contribution in [0.25, 0.3) is 0 Å². The van der Waals surface area contributed by atoms with Crippen molar-refractivity contribution in [1.82, 2.24) is 15.5 Å². The predicted octanol–water partition coefficient (Wildman–Crippen LogP) is 1.18. The number of likely N-dealkylation sites (tertiary alicyclic amines) is 1. The number of nitrogens with zero attached hydrogens (tertiary/aromatic N) is 1. The third-order valence-electron chi connectivity index (χ3n) is 3.45. The van der Waals surface area contributed by atoms with Gasteiger partial charge in [-0.05, 0) is 46.1 Å². The van der Waals surface area contributed by atoms with Gasteiger partial charge in [-0.3, -0.25) is 0 Å². The lowest BCUT2D eigenvalue weighted by atomic mass is 9.93. The minimum Gasteiger partial charge on any atom is -0.333 e. The highest BCUT2D eigenvalue weighted by atomic mass is 16.2. The molecule has 0 bridgehead atoms. The van der Waals surface area contributed by atoms with Gasteiger partial charge in [-0.2, -0.15) is 0 Å². The maximum atomic E-state index is 12.0. The van der Waals surface area contributed by atoms with Crippen molar-refractivity contribution in [3.05, 3.63) is 0 Å². The van der Waals surface area contributed by atoms with Gasteiger partial charge in [0.2, 0.25) is 0 Å². The molecule has 2 atom stereocenters. The van der Waals surface area contributed by atoms with E-state index in [9.17, 15) is 4.79 Å². The number of piperidine rings is 1. The van der Waals surface area contributed by atoms with Crippen molar-refractivity contribution >= 4 is 6.03 Å². The average Bonchev–Trinajstić information content (AvgIpc) is 2.61. The highest BCUT2D eigenvalue weighted by Crippen LogP contribution is 2.25. The molecule has 4 heteroatoms. The first kappa shape index (κ1) is 11.7. The minimum absolute atomic E-state index is 0.0830. The standard InChI is InChI=1S/C12H23N3O/c1-12(2,3)14-11(16)15-7-5-9-4-6-13-10(9)8-15/h9-10,13H,4-8H2,1-3H3,(H,14,16)/t9-,10+/m1/s1. The maximum Gasteiger partial charge on any atom is 0.317 e. The number of rotatable bonds is 0. The van der Waals surface area contributed by atoms with Gasteiger partial charge >= 0.3 is 6.03 Å². The predicted molar refractivity (Wildman–Crippen MR) is 64.4 cm³/mol. The highest BCUT2D eigenvalue weighted by molar-refractivity contribution is 5.75. The van der Waals surface area contributed by atoms with E-state index >= 15 is 0 Å². The van der Waals surface area contributed by atoms with Crippen LogP contribution >= 0.6 is 0 Å². The molecule has 2 saturated heterocycles. The Labute approximate surface area is 97.8 Å².